The average Bonchev–Trinajstić information content (AvgIpc) is 2.37. The fraction of sp³-hybridized carbons (Fsp3) is 0.933. The first-order chi connectivity index (χ1) is 8.66. The van der Waals surface area contributed by atoms with E-state index in [0.29, 0.717) is 6.54 Å². The second-order valence-electron chi connectivity index (χ2n) is 6.31. The van der Waals surface area contributed by atoms with Crippen molar-refractivity contribution in [2.24, 2.45) is 17.8 Å². The molecule has 2 aliphatic rings. The summed E-state index contributed by atoms with van der Waals surface area (Å²) in [4.78, 5) is 12.8. The third kappa shape index (κ3) is 3.71. The van der Waals surface area contributed by atoms with E-state index in [1.54, 1.807) is 0 Å². The van der Waals surface area contributed by atoms with Crippen LogP contribution in [0.2, 0.25) is 0 Å². The normalized spacial score (nSPS) is 32.2. The van der Waals surface area contributed by atoms with E-state index >= 15 is 0 Å². The van der Waals surface area contributed by atoms with E-state index in [0.717, 1.165) is 24.3 Å². The molecular weight excluding hydrogens is 226 g/mol. The molecule has 0 aliphatic heterocycles. The van der Waals surface area contributed by atoms with Crippen LogP contribution in [0.15, 0.2) is 0 Å². The lowest BCUT2D eigenvalue weighted by atomic mass is 9.65. The zero-order valence-corrected chi connectivity index (χ0v) is 11.6. The van der Waals surface area contributed by atoms with E-state index in [2.05, 4.69) is 11.9 Å². The number of nitrogens with zero attached hydrogens (tertiary/aromatic N) is 1. The van der Waals surface area contributed by atoms with Crippen molar-refractivity contribution in [1.29, 1.82) is 0 Å². The van der Waals surface area contributed by atoms with Crippen LogP contribution in [0.25, 0.3) is 0 Å². The minimum Gasteiger partial charge on any atom is -0.481 e. The van der Waals surface area contributed by atoms with E-state index in [9.17, 15) is 4.79 Å². The Kier molecular flexibility index (Phi) is 5.04. The van der Waals surface area contributed by atoms with Crippen LogP contribution < -0.4 is 0 Å². The molecule has 0 bridgehead atoms. The van der Waals surface area contributed by atoms with Gasteiger partial charge in [-0.3, -0.25) is 4.79 Å². The molecule has 2 aliphatic carbocycles. The van der Waals surface area contributed by atoms with Gasteiger partial charge in [-0.2, -0.15) is 0 Å². The van der Waals surface area contributed by atoms with Crippen molar-refractivity contribution in [2.45, 2.75) is 51.4 Å². The predicted octanol–water partition coefficient (Wildman–Crippen LogP) is 3.00. The van der Waals surface area contributed by atoms with Gasteiger partial charge in [-0.05, 0) is 37.6 Å². The Labute approximate surface area is 111 Å². The van der Waals surface area contributed by atoms with Crippen LogP contribution in [0.1, 0.15) is 51.4 Å². The molecule has 18 heavy (non-hydrogen) atoms. The highest BCUT2D eigenvalue weighted by Crippen LogP contribution is 2.43. The lowest BCUT2D eigenvalue weighted by molar-refractivity contribution is -0.137. The molecule has 0 amide bonds. The summed E-state index contributed by atoms with van der Waals surface area (Å²) in [5.74, 6) is 2.05. The molecule has 0 aromatic heterocycles. The quantitative estimate of drug-likeness (QED) is 0.819. The Morgan fingerprint density at radius 3 is 2.67 bits per heavy atom. The lowest BCUT2D eigenvalue weighted by Crippen LogP contribution is -2.38. The number of carbonyl (C=O) groups is 1. The molecular formula is C15H27NO2. The number of rotatable bonds is 5. The maximum atomic E-state index is 10.6. The molecule has 2 fully saturated rings. The molecule has 3 atom stereocenters. The Balaban J connectivity index is 1.81. The first-order valence-corrected chi connectivity index (χ1v) is 7.57. The Morgan fingerprint density at radius 2 is 1.89 bits per heavy atom. The number of aliphatic carboxylic acids is 1. The Morgan fingerprint density at radius 1 is 1.17 bits per heavy atom. The third-order valence-electron chi connectivity index (χ3n) is 4.98. The summed E-state index contributed by atoms with van der Waals surface area (Å²) in [6.45, 7) is 1.80. The van der Waals surface area contributed by atoms with E-state index in [4.69, 9.17) is 5.11 Å². The van der Waals surface area contributed by atoms with Crippen LogP contribution in [-0.2, 0) is 4.79 Å². The molecule has 0 aromatic rings. The van der Waals surface area contributed by atoms with Crippen molar-refractivity contribution in [1.82, 2.24) is 4.90 Å². The van der Waals surface area contributed by atoms with Crippen LogP contribution >= 0.6 is 0 Å². The summed E-state index contributed by atoms with van der Waals surface area (Å²) in [7, 11) is 2.08. The van der Waals surface area contributed by atoms with Crippen LogP contribution in [0.3, 0.4) is 0 Å². The minimum atomic E-state index is -0.680. The second kappa shape index (κ2) is 6.55. The van der Waals surface area contributed by atoms with Gasteiger partial charge in [0.1, 0.15) is 0 Å². The molecule has 0 radical (unpaired) electrons. The van der Waals surface area contributed by atoms with Crippen LogP contribution in [0, 0.1) is 17.8 Å². The number of hydrogen-bond donors (Lipinski definition) is 1. The molecule has 3 nitrogen and oxygen atoms in total. The van der Waals surface area contributed by atoms with E-state index < -0.39 is 5.97 Å². The summed E-state index contributed by atoms with van der Waals surface area (Å²) < 4.78 is 0. The molecule has 3 heteroatoms. The van der Waals surface area contributed by atoms with Crippen molar-refractivity contribution in [2.75, 3.05) is 20.1 Å². The van der Waals surface area contributed by atoms with Gasteiger partial charge >= 0.3 is 5.97 Å². The van der Waals surface area contributed by atoms with E-state index in [1.807, 2.05) is 0 Å². The van der Waals surface area contributed by atoms with Gasteiger partial charge in [0.2, 0.25) is 0 Å². The Hall–Kier alpha value is -0.570. The first-order valence-electron chi connectivity index (χ1n) is 7.57. The second-order valence-corrected chi connectivity index (χ2v) is 6.31. The van der Waals surface area contributed by atoms with Crippen LogP contribution in [0.4, 0.5) is 0 Å². The van der Waals surface area contributed by atoms with Crippen LogP contribution in [-0.4, -0.2) is 36.1 Å². The monoisotopic (exact) mass is 253 g/mol. The maximum absolute atomic E-state index is 10.6. The zero-order chi connectivity index (χ0) is 13.0. The zero-order valence-electron chi connectivity index (χ0n) is 11.6. The van der Waals surface area contributed by atoms with Crippen molar-refractivity contribution in [3.8, 4) is 0 Å². The molecule has 0 heterocycles. The first kappa shape index (κ1) is 13.9. The molecule has 1 N–H and O–H groups in total. The van der Waals surface area contributed by atoms with E-state index in [-0.39, 0.29) is 6.42 Å². The van der Waals surface area contributed by atoms with Crippen molar-refractivity contribution >= 4 is 5.97 Å². The number of carboxylic acid groups (broad SMARTS) is 1. The van der Waals surface area contributed by atoms with Gasteiger partial charge in [-0.1, -0.05) is 32.1 Å². The highest BCUT2D eigenvalue weighted by molar-refractivity contribution is 5.66. The number of fused-ring (bicyclic) bond motifs is 1. The van der Waals surface area contributed by atoms with E-state index in [1.165, 1.54) is 44.9 Å². The summed E-state index contributed by atoms with van der Waals surface area (Å²) in [6, 6.07) is 0. The molecule has 0 saturated heterocycles. The average molecular weight is 253 g/mol. The van der Waals surface area contributed by atoms with Gasteiger partial charge in [0.05, 0.1) is 6.42 Å². The van der Waals surface area contributed by atoms with Gasteiger partial charge in [0.15, 0.2) is 0 Å². The smallest absolute Gasteiger partial charge is 0.304 e. The van der Waals surface area contributed by atoms with Gasteiger partial charge < -0.3 is 10.0 Å². The van der Waals surface area contributed by atoms with Gasteiger partial charge in [0.25, 0.3) is 0 Å². The predicted molar refractivity (Wildman–Crippen MR) is 72.5 cm³/mol. The molecule has 0 aromatic carbocycles. The van der Waals surface area contributed by atoms with Crippen molar-refractivity contribution in [3.05, 3.63) is 0 Å². The van der Waals surface area contributed by atoms with Crippen LogP contribution in [0.5, 0.6) is 0 Å². The largest absolute Gasteiger partial charge is 0.481 e. The van der Waals surface area contributed by atoms with Gasteiger partial charge in [-0.25, -0.2) is 0 Å². The van der Waals surface area contributed by atoms with Gasteiger partial charge in [-0.15, -0.1) is 0 Å². The fourth-order valence-electron chi connectivity index (χ4n) is 4.08. The summed E-state index contributed by atoms with van der Waals surface area (Å²) in [6.07, 6.45) is 10.2. The summed E-state index contributed by atoms with van der Waals surface area (Å²) in [5.41, 5.74) is 0. The number of carboxylic acids is 1. The highest BCUT2D eigenvalue weighted by Gasteiger charge is 2.34. The highest BCUT2D eigenvalue weighted by atomic mass is 16.4. The molecule has 0 spiro atoms. The SMILES string of the molecule is CN(CCC(=O)O)CC1CCCC2CCCCC21. The van der Waals surface area contributed by atoms with Crippen molar-refractivity contribution in [3.63, 3.8) is 0 Å². The molecule has 3 unspecified atom stereocenters. The maximum Gasteiger partial charge on any atom is 0.304 e. The Bertz CT molecular complexity index is 278. The fourth-order valence-corrected chi connectivity index (χ4v) is 4.08. The molecule has 2 rings (SSSR count). The third-order valence-corrected chi connectivity index (χ3v) is 4.98. The molecule has 2 saturated carbocycles. The van der Waals surface area contributed by atoms with Crippen molar-refractivity contribution < 1.29 is 9.90 Å². The lowest BCUT2D eigenvalue weighted by Gasteiger charge is -2.42. The topological polar surface area (TPSA) is 40.5 Å². The standard InChI is InChI=1S/C15H27NO2/c1-16(10-9-15(17)18)11-13-7-4-6-12-5-2-3-8-14(12)13/h12-14H,2-11H2,1H3,(H,17,18). The molecule has 104 valence electrons. The van der Waals surface area contributed by atoms with Gasteiger partial charge in [0, 0.05) is 13.1 Å². The minimum absolute atomic E-state index is 0.275. The number of hydrogen-bond acceptors (Lipinski definition) is 2. The summed E-state index contributed by atoms with van der Waals surface area (Å²) >= 11 is 0. The summed E-state index contributed by atoms with van der Waals surface area (Å²) in [5, 5.41) is 8.73.